The Morgan fingerprint density at radius 2 is 1.79 bits per heavy atom. The highest BCUT2D eigenvalue weighted by Gasteiger charge is 2.38. The van der Waals surface area contributed by atoms with Crippen LogP contribution < -0.4 is 4.90 Å². The van der Waals surface area contributed by atoms with Crippen LogP contribution in [0.2, 0.25) is 5.02 Å². The Morgan fingerprint density at radius 1 is 1.18 bits per heavy atom. The zero-order valence-electron chi connectivity index (χ0n) is 22.7. The molecule has 38 heavy (non-hydrogen) atoms. The molecule has 1 saturated heterocycles. The van der Waals surface area contributed by atoms with Crippen LogP contribution in [0, 0.1) is 5.92 Å². The number of ether oxygens (including phenoxy) is 1. The number of amides is 1. The normalized spacial score (nSPS) is 17.8. The molecular formula is C27H37BrClF3N4O2. The zero-order chi connectivity index (χ0) is 28.6. The minimum Gasteiger partial charge on any atom is -0.447 e. The topological polar surface area (TPSA) is 58.6 Å². The minimum atomic E-state index is -4.51. The molecule has 1 amide bonds. The molecule has 2 aromatic rings. The number of alkyl halides is 3. The van der Waals surface area contributed by atoms with Gasteiger partial charge in [-0.1, -0.05) is 45.7 Å². The Bertz CT molecular complexity index is 1040. The third-order valence-corrected chi connectivity index (χ3v) is 6.53. The highest BCUT2D eigenvalue weighted by atomic mass is 79.9. The van der Waals surface area contributed by atoms with E-state index in [0.29, 0.717) is 35.4 Å². The van der Waals surface area contributed by atoms with Crippen molar-refractivity contribution in [3.8, 4) is 0 Å². The van der Waals surface area contributed by atoms with Crippen LogP contribution in [0.4, 0.5) is 23.9 Å². The fourth-order valence-electron chi connectivity index (χ4n) is 4.31. The first kappa shape index (κ1) is 32.1. The molecule has 1 fully saturated rings. The van der Waals surface area contributed by atoms with Gasteiger partial charge < -0.3 is 14.5 Å². The number of halogens is 5. The minimum absolute atomic E-state index is 0.0119. The summed E-state index contributed by atoms with van der Waals surface area (Å²) in [4.78, 5) is 25.2. The second-order valence-electron chi connectivity index (χ2n) is 10.00. The van der Waals surface area contributed by atoms with Crippen LogP contribution in [0.3, 0.4) is 0 Å². The van der Waals surface area contributed by atoms with Gasteiger partial charge in [0.05, 0.1) is 16.1 Å². The summed E-state index contributed by atoms with van der Waals surface area (Å²) < 4.78 is 46.3. The number of hydrogen-bond acceptors (Lipinski definition) is 5. The van der Waals surface area contributed by atoms with Crippen LogP contribution in [-0.4, -0.2) is 45.7 Å². The summed E-state index contributed by atoms with van der Waals surface area (Å²) in [6.45, 7) is 12.5. The van der Waals surface area contributed by atoms with E-state index >= 15 is 0 Å². The monoisotopic (exact) mass is 620 g/mol. The van der Waals surface area contributed by atoms with Crippen molar-refractivity contribution in [2.75, 3.05) is 11.4 Å². The van der Waals surface area contributed by atoms with Crippen molar-refractivity contribution in [1.82, 2.24) is 14.9 Å². The number of likely N-dealkylation sites (tertiary alicyclic amines) is 1. The Kier molecular flexibility index (Phi) is 12.1. The molecule has 0 N–H and O–H groups in total. The first-order valence-electron chi connectivity index (χ1n) is 12.8. The fraction of sp³-hybridized carbons (Fsp3) is 0.593. The molecule has 1 aromatic carbocycles. The predicted molar refractivity (Wildman–Crippen MR) is 148 cm³/mol. The number of hydrogen-bond donors (Lipinski definition) is 0. The maximum Gasteiger partial charge on any atom is 0.416 e. The number of rotatable bonds is 6. The van der Waals surface area contributed by atoms with Gasteiger partial charge in [0.25, 0.3) is 0 Å². The maximum absolute atomic E-state index is 13.4. The Labute approximate surface area is 237 Å². The molecule has 0 bridgehead atoms. The second-order valence-corrected chi connectivity index (χ2v) is 11.3. The van der Waals surface area contributed by atoms with E-state index in [0.717, 1.165) is 12.1 Å². The summed E-state index contributed by atoms with van der Waals surface area (Å²) in [5.41, 5.74) is -0.401. The Morgan fingerprint density at radius 3 is 2.32 bits per heavy atom. The van der Waals surface area contributed by atoms with E-state index in [-0.39, 0.29) is 41.8 Å². The summed E-state index contributed by atoms with van der Waals surface area (Å²) in [5, 5.41) is 0.0119. The summed E-state index contributed by atoms with van der Waals surface area (Å²) in [5.74, 6) is 0.542. The second kappa shape index (κ2) is 14.4. The lowest BCUT2D eigenvalue weighted by Crippen LogP contribution is -2.54. The number of carbonyl (C=O) groups excluding carboxylic acids is 1. The number of aromatic nitrogens is 2. The van der Waals surface area contributed by atoms with Gasteiger partial charge in [0.2, 0.25) is 5.95 Å². The molecule has 0 spiro atoms. The highest BCUT2D eigenvalue weighted by Crippen LogP contribution is 2.34. The van der Waals surface area contributed by atoms with E-state index in [2.05, 4.69) is 39.7 Å². The fourth-order valence-corrected chi connectivity index (χ4v) is 4.77. The van der Waals surface area contributed by atoms with Gasteiger partial charge in [0, 0.05) is 42.6 Å². The van der Waals surface area contributed by atoms with Crippen molar-refractivity contribution >= 4 is 39.6 Å². The Hall–Kier alpha value is -2.07. The van der Waals surface area contributed by atoms with Crippen molar-refractivity contribution in [3.05, 3.63) is 51.2 Å². The van der Waals surface area contributed by atoms with E-state index in [1.54, 1.807) is 17.3 Å². The van der Waals surface area contributed by atoms with Crippen molar-refractivity contribution in [2.24, 2.45) is 5.92 Å². The third kappa shape index (κ3) is 9.29. The Balaban J connectivity index is 0.00000161. The smallest absolute Gasteiger partial charge is 0.416 e. The van der Waals surface area contributed by atoms with E-state index < -0.39 is 11.7 Å². The van der Waals surface area contributed by atoms with Gasteiger partial charge in [-0.2, -0.15) is 13.2 Å². The number of carbonyl (C=O) groups is 1. The van der Waals surface area contributed by atoms with Gasteiger partial charge in [-0.3, -0.25) is 0 Å². The number of nitrogens with zero attached hydrogens (tertiary/aromatic N) is 4. The predicted octanol–water partition coefficient (Wildman–Crippen LogP) is 8.37. The number of piperidine rings is 1. The van der Waals surface area contributed by atoms with E-state index in [9.17, 15) is 18.0 Å². The van der Waals surface area contributed by atoms with Crippen LogP contribution in [0.25, 0.3) is 0 Å². The number of anilines is 1. The molecule has 3 rings (SSSR count). The summed E-state index contributed by atoms with van der Waals surface area (Å²) in [7, 11) is 0. The summed E-state index contributed by atoms with van der Waals surface area (Å²) in [6.07, 6.45) is 0.537. The van der Waals surface area contributed by atoms with Gasteiger partial charge in [-0.15, -0.1) is 0 Å². The molecule has 6 nitrogen and oxygen atoms in total. The highest BCUT2D eigenvalue weighted by molar-refractivity contribution is 9.10. The lowest BCUT2D eigenvalue weighted by molar-refractivity contribution is -0.137. The van der Waals surface area contributed by atoms with Crippen molar-refractivity contribution in [2.45, 2.75) is 91.7 Å². The van der Waals surface area contributed by atoms with Crippen LogP contribution >= 0.6 is 27.5 Å². The molecule has 1 aromatic heterocycles. The van der Waals surface area contributed by atoms with Crippen molar-refractivity contribution < 1.29 is 22.7 Å². The standard InChI is InChI=1S/C24H29BrClF3N4O2.C3H8/c1-14(2)21-10-20(5-6-32(21)23(34)35-15(3)4)33(22-30-11-18(25)12-31-22)13-16-7-17(24(27,28)29)9-19(26)8-16;1-3-2/h7-9,11-12,14-15,20-21H,5-6,10,13H2,1-4H3;3H2,1-2H3. The van der Waals surface area contributed by atoms with Gasteiger partial charge in [-0.25, -0.2) is 14.8 Å². The van der Waals surface area contributed by atoms with Gasteiger partial charge in [0.15, 0.2) is 0 Å². The van der Waals surface area contributed by atoms with Crippen LogP contribution in [-0.2, 0) is 17.5 Å². The first-order chi connectivity index (χ1) is 17.8. The van der Waals surface area contributed by atoms with Gasteiger partial charge in [0.1, 0.15) is 0 Å². The summed E-state index contributed by atoms with van der Waals surface area (Å²) in [6, 6.07) is 3.33. The van der Waals surface area contributed by atoms with Crippen LogP contribution in [0.15, 0.2) is 35.1 Å². The molecule has 1 aliphatic heterocycles. The quantitative estimate of drug-likeness (QED) is 0.324. The molecule has 11 heteroatoms. The molecule has 212 valence electrons. The third-order valence-electron chi connectivity index (χ3n) is 5.90. The van der Waals surface area contributed by atoms with Crippen molar-refractivity contribution in [1.29, 1.82) is 0 Å². The van der Waals surface area contributed by atoms with E-state index in [1.165, 1.54) is 12.5 Å². The molecule has 0 radical (unpaired) electrons. The lowest BCUT2D eigenvalue weighted by Gasteiger charge is -2.44. The molecule has 2 atom stereocenters. The first-order valence-corrected chi connectivity index (χ1v) is 14.0. The maximum atomic E-state index is 13.4. The molecule has 0 aliphatic carbocycles. The number of benzene rings is 1. The van der Waals surface area contributed by atoms with E-state index in [4.69, 9.17) is 16.3 Å². The largest absolute Gasteiger partial charge is 0.447 e. The SMILES string of the molecule is CC(C)OC(=O)N1CCC(N(Cc2cc(Cl)cc(C(F)(F)F)c2)c2ncc(Br)cn2)CC1C(C)C.CCC. The van der Waals surface area contributed by atoms with Crippen LogP contribution in [0.5, 0.6) is 0 Å². The van der Waals surface area contributed by atoms with Crippen LogP contribution in [0.1, 0.15) is 71.9 Å². The van der Waals surface area contributed by atoms with Gasteiger partial charge in [-0.05, 0) is 72.3 Å². The average Bonchev–Trinajstić information content (AvgIpc) is 2.82. The zero-order valence-corrected chi connectivity index (χ0v) is 25.1. The molecule has 2 heterocycles. The summed E-state index contributed by atoms with van der Waals surface area (Å²) >= 11 is 9.36. The molecule has 2 unspecified atom stereocenters. The van der Waals surface area contributed by atoms with Gasteiger partial charge >= 0.3 is 12.3 Å². The molecule has 0 saturated carbocycles. The van der Waals surface area contributed by atoms with Crippen molar-refractivity contribution in [3.63, 3.8) is 0 Å². The average molecular weight is 622 g/mol. The molecular weight excluding hydrogens is 585 g/mol. The lowest BCUT2D eigenvalue weighted by atomic mass is 9.89. The molecule has 1 aliphatic rings. The van der Waals surface area contributed by atoms with E-state index in [1.807, 2.05) is 32.6 Å².